The first-order valence-electron chi connectivity index (χ1n) is 5.56. The van der Waals surface area contributed by atoms with Crippen molar-refractivity contribution in [3.8, 4) is 0 Å². The Bertz CT molecular complexity index is 281. The minimum atomic E-state index is -0.0785. The molecule has 0 bridgehead atoms. The van der Waals surface area contributed by atoms with Crippen LogP contribution in [0.1, 0.15) is 37.7 Å². The summed E-state index contributed by atoms with van der Waals surface area (Å²) in [4.78, 5) is 0. The fraction of sp³-hybridized carbons (Fsp3) is 0.538. The molecule has 1 N–H and O–H groups in total. The van der Waals surface area contributed by atoms with Crippen molar-refractivity contribution < 1.29 is 5.11 Å². The highest BCUT2D eigenvalue weighted by atomic mass is 16.3. The van der Waals surface area contributed by atoms with Gasteiger partial charge < -0.3 is 5.11 Å². The highest BCUT2D eigenvalue weighted by Gasteiger charge is 2.42. The highest BCUT2D eigenvalue weighted by Crippen LogP contribution is 2.50. The van der Waals surface area contributed by atoms with Gasteiger partial charge in [0.1, 0.15) is 0 Å². The van der Waals surface area contributed by atoms with E-state index in [2.05, 4.69) is 31.2 Å². The Morgan fingerprint density at radius 1 is 1.36 bits per heavy atom. The summed E-state index contributed by atoms with van der Waals surface area (Å²) in [6, 6.07) is 10.5. The zero-order chi connectivity index (χ0) is 9.97. The number of aliphatic hydroxyl groups is 1. The first-order chi connectivity index (χ1) is 6.83. The van der Waals surface area contributed by atoms with Crippen LogP contribution in [0.15, 0.2) is 30.3 Å². The van der Waals surface area contributed by atoms with Crippen LogP contribution in [-0.4, -0.2) is 11.2 Å². The fourth-order valence-electron chi connectivity index (χ4n) is 2.23. The summed E-state index contributed by atoms with van der Waals surface area (Å²) in [7, 11) is 0. The summed E-state index contributed by atoms with van der Waals surface area (Å²) < 4.78 is 0. The molecule has 3 unspecified atom stereocenters. The van der Waals surface area contributed by atoms with Crippen LogP contribution in [0.5, 0.6) is 0 Å². The minimum absolute atomic E-state index is 0.0785. The molecule has 0 saturated heterocycles. The van der Waals surface area contributed by atoms with Crippen LogP contribution in [0.25, 0.3) is 0 Å². The van der Waals surface area contributed by atoms with E-state index in [1.165, 1.54) is 12.0 Å². The molecule has 1 saturated carbocycles. The average Bonchev–Trinajstić information content (AvgIpc) is 2.99. The van der Waals surface area contributed by atoms with Gasteiger partial charge in [-0.3, -0.25) is 0 Å². The number of hydrogen-bond donors (Lipinski definition) is 1. The molecule has 1 aromatic rings. The third kappa shape index (κ3) is 1.98. The molecule has 0 spiro atoms. The molecule has 76 valence electrons. The molecule has 0 radical (unpaired) electrons. The van der Waals surface area contributed by atoms with Crippen LogP contribution in [0.3, 0.4) is 0 Å². The molecule has 2 rings (SSSR count). The largest absolute Gasteiger partial charge is 0.393 e. The molecular formula is C13H18O. The van der Waals surface area contributed by atoms with Gasteiger partial charge in [-0.25, -0.2) is 0 Å². The van der Waals surface area contributed by atoms with E-state index in [9.17, 15) is 5.11 Å². The summed E-state index contributed by atoms with van der Waals surface area (Å²) in [5.41, 5.74) is 1.40. The number of benzene rings is 1. The van der Waals surface area contributed by atoms with Crippen LogP contribution in [0, 0.1) is 5.92 Å². The van der Waals surface area contributed by atoms with Crippen LogP contribution >= 0.6 is 0 Å². The Balaban J connectivity index is 1.93. The lowest BCUT2D eigenvalue weighted by atomic mass is 10.0. The third-order valence-electron chi connectivity index (χ3n) is 3.15. The highest BCUT2D eigenvalue weighted by molar-refractivity contribution is 5.26. The SMILES string of the molecule is CCCC(O)C1CC1c1ccccc1. The zero-order valence-electron chi connectivity index (χ0n) is 8.69. The van der Waals surface area contributed by atoms with Crippen molar-refractivity contribution >= 4 is 0 Å². The Morgan fingerprint density at radius 3 is 2.71 bits per heavy atom. The van der Waals surface area contributed by atoms with Crippen LogP contribution in [0.4, 0.5) is 0 Å². The van der Waals surface area contributed by atoms with Crippen molar-refractivity contribution in [2.24, 2.45) is 5.92 Å². The zero-order valence-corrected chi connectivity index (χ0v) is 8.69. The van der Waals surface area contributed by atoms with Crippen molar-refractivity contribution in [3.05, 3.63) is 35.9 Å². The van der Waals surface area contributed by atoms with E-state index in [0.717, 1.165) is 12.8 Å². The molecule has 1 nitrogen and oxygen atoms in total. The molecule has 14 heavy (non-hydrogen) atoms. The lowest BCUT2D eigenvalue weighted by molar-refractivity contribution is 0.138. The first-order valence-corrected chi connectivity index (χ1v) is 5.56. The maximum absolute atomic E-state index is 9.82. The Hall–Kier alpha value is -0.820. The first kappa shape index (κ1) is 9.72. The van der Waals surface area contributed by atoms with Crippen molar-refractivity contribution in [2.45, 2.75) is 38.2 Å². The summed E-state index contributed by atoms with van der Waals surface area (Å²) in [6.45, 7) is 2.13. The molecule has 1 aliphatic carbocycles. The van der Waals surface area contributed by atoms with Gasteiger partial charge in [0.05, 0.1) is 6.10 Å². The van der Waals surface area contributed by atoms with Gasteiger partial charge in [0.25, 0.3) is 0 Å². The second kappa shape index (κ2) is 4.14. The van der Waals surface area contributed by atoms with Gasteiger partial charge >= 0.3 is 0 Å². The minimum Gasteiger partial charge on any atom is -0.393 e. The molecule has 3 atom stereocenters. The van der Waals surface area contributed by atoms with E-state index in [0.29, 0.717) is 11.8 Å². The van der Waals surface area contributed by atoms with E-state index >= 15 is 0 Å². The van der Waals surface area contributed by atoms with E-state index < -0.39 is 0 Å². The van der Waals surface area contributed by atoms with E-state index in [-0.39, 0.29) is 6.10 Å². The average molecular weight is 190 g/mol. The van der Waals surface area contributed by atoms with Gasteiger partial charge in [-0.15, -0.1) is 0 Å². The van der Waals surface area contributed by atoms with Crippen molar-refractivity contribution in [2.75, 3.05) is 0 Å². The monoisotopic (exact) mass is 190 g/mol. The predicted molar refractivity (Wildman–Crippen MR) is 58.2 cm³/mol. The van der Waals surface area contributed by atoms with E-state index in [4.69, 9.17) is 0 Å². The Labute approximate surface area is 85.8 Å². The normalized spacial score (nSPS) is 27.3. The summed E-state index contributed by atoms with van der Waals surface area (Å²) in [5.74, 6) is 1.15. The topological polar surface area (TPSA) is 20.2 Å². The molecule has 1 heteroatoms. The smallest absolute Gasteiger partial charge is 0.0574 e. The summed E-state index contributed by atoms with van der Waals surface area (Å²) in [6.07, 6.45) is 3.13. The molecule has 0 amide bonds. The van der Waals surface area contributed by atoms with Crippen molar-refractivity contribution in [1.29, 1.82) is 0 Å². The van der Waals surface area contributed by atoms with E-state index in [1.54, 1.807) is 0 Å². The second-order valence-electron chi connectivity index (χ2n) is 4.27. The summed E-state index contributed by atoms with van der Waals surface area (Å²) >= 11 is 0. The summed E-state index contributed by atoms with van der Waals surface area (Å²) in [5, 5.41) is 9.82. The van der Waals surface area contributed by atoms with Gasteiger partial charge in [-0.1, -0.05) is 43.7 Å². The van der Waals surface area contributed by atoms with Gasteiger partial charge in [0.15, 0.2) is 0 Å². The second-order valence-corrected chi connectivity index (χ2v) is 4.27. The number of hydrogen-bond acceptors (Lipinski definition) is 1. The van der Waals surface area contributed by atoms with Crippen LogP contribution < -0.4 is 0 Å². The van der Waals surface area contributed by atoms with Gasteiger partial charge in [0, 0.05) is 0 Å². The molecular weight excluding hydrogens is 172 g/mol. The van der Waals surface area contributed by atoms with Crippen LogP contribution in [0.2, 0.25) is 0 Å². The lowest BCUT2D eigenvalue weighted by Crippen LogP contribution is -2.09. The molecule has 0 heterocycles. The maximum atomic E-state index is 9.82. The van der Waals surface area contributed by atoms with Crippen molar-refractivity contribution in [3.63, 3.8) is 0 Å². The molecule has 1 fully saturated rings. The maximum Gasteiger partial charge on any atom is 0.0574 e. The number of rotatable bonds is 4. The standard InChI is InChI=1S/C13H18O/c1-2-6-13(14)12-9-11(12)10-7-4-3-5-8-10/h3-5,7-8,11-14H,2,6,9H2,1H3. The predicted octanol–water partition coefficient (Wildman–Crippen LogP) is 2.95. The van der Waals surface area contributed by atoms with Gasteiger partial charge in [0.2, 0.25) is 0 Å². The van der Waals surface area contributed by atoms with Crippen LogP contribution in [-0.2, 0) is 0 Å². The third-order valence-corrected chi connectivity index (χ3v) is 3.15. The van der Waals surface area contributed by atoms with Gasteiger partial charge in [-0.05, 0) is 30.2 Å². The lowest BCUT2D eigenvalue weighted by Gasteiger charge is -2.08. The molecule has 1 aliphatic rings. The quantitative estimate of drug-likeness (QED) is 0.774. The molecule has 0 aliphatic heterocycles. The molecule has 0 aromatic heterocycles. The fourth-order valence-corrected chi connectivity index (χ4v) is 2.23. The molecule has 1 aromatic carbocycles. The van der Waals surface area contributed by atoms with Crippen molar-refractivity contribution in [1.82, 2.24) is 0 Å². The Kier molecular flexibility index (Phi) is 2.87. The van der Waals surface area contributed by atoms with Gasteiger partial charge in [-0.2, -0.15) is 0 Å². The number of aliphatic hydroxyl groups excluding tert-OH is 1. The Morgan fingerprint density at radius 2 is 2.07 bits per heavy atom. The van der Waals surface area contributed by atoms with E-state index in [1.807, 2.05) is 6.07 Å².